The average molecular weight is 403 g/mol. The minimum absolute atomic E-state index is 0.120. The first-order valence-electron chi connectivity index (χ1n) is 10.6. The molecule has 0 radical (unpaired) electrons. The second kappa shape index (κ2) is 8.43. The summed E-state index contributed by atoms with van der Waals surface area (Å²) in [7, 11) is 0. The standard InChI is InChI=1S/C27H34N2O/c1-26(2,3)23-16-19(17-24(25(23)30)27(4,5)6)18-28-20-12-14-22(15-13-20)29-21-10-8-7-9-11-21/h7-17,28-30H,18H2,1-6H3. The third-order valence-corrected chi connectivity index (χ3v) is 5.23. The highest BCUT2D eigenvalue weighted by atomic mass is 16.3. The molecule has 3 aromatic rings. The summed E-state index contributed by atoms with van der Waals surface area (Å²) in [6.07, 6.45) is 0. The van der Waals surface area contributed by atoms with Crippen molar-refractivity contribution in [3.8, 4) is 5.75 Å². The van der Waals surface area contributed by atoms with Gasteiger partial charge in [-0.05, 0) is 76.1 Å². The van der Waals surface area contributed by atoms with Crippen LogP contribution in [0, 0.1) is 0 Å². The zero-order chi connectivity index (χ0) is 21.9. The van der Waals surface area contributed by atoms with E-state index in [-0.39, 0.29) is 10.8 Å². The van der Waals surface area contributed by atoms with Crippen molar-refractivity contribution in [2.75, 3.05) is 10.6 Å². The molecule has 3 N–H and O–H groups in total. The maximum absolute atomic E-state index is 10.9. The number of phenols is 1. The summed E-state index contributed by atoms with van der Waals surface area (Å²) in [5, 5.41) is 17.8. The first-order valence-corrected chi connectivity index (χ1v) is 10.6. The van der Waals surface area contributed by atoms with Crippen LogP contribution in [-0.2, 0) is 17.4 Å². The Morgan fingerprint density at radius 3 is 1.63 bits per heavy atom. The van der Waals surface area contributed by atoms with Crippen LogP contribution in [-0.4, -0.2) is 5.11 Å². The van der Waals surface area contributed by atoms with Gasteiger partial charge in [0.15, 0.2) is 0 Å². The molecule has 0 saturated heterocycles. The van der Waals surface area contributed by atoms with Crippen molar-refractivity contribution in [3.05, 3.63) is 83.4 Å². The lowest BCUT2D eigenvalue weighted by atomic mass is 9.78. The highest BCUT2D eigenvalue weighted by Gasteiger charge is 2.26. The Labute approximate surface area is 181 Å². The van der Waals surface area contributed by atoms with E-state index >= 15 is 0 Å². The summed E-state index contributed by atoms with van der Waals surface area (Å²) >= 11 is 0. The summed E-state index contributed by atoms with van der Waals surface area (Å²) in [5.74, 6) is 0.426. The number of benzene rings is 3. The number of hydrogen-bond donors (Lipinski definition) is 3. The van der Waals surface area contributed by atoms with Crippen LogP contribution in [0.1, 0.15) is 58.2 Å². The van der Waals surface area contributed by atoms with Crippen molar-refractivity contribution in [2.24, 2.45) is 0 Å². The van der Waals surface area contributed by atoms with Crippen LogP contribution in [0.25, 0.3) is 0 Å². The SMILES string of the molecule is CC(C)(C)c1cc(CNc2ccc(Nc3ccccc3)cc2)cc(C(C)(C)C)c1O. The smallest absolute Gasteiger partial charge is 0.123 e. The van der Waals surface area contributed by atoms with Crippen molar-refractivity contribution < 1.29 is 5.11 Å². The van der Waals surface area contributed by atoms with Gasteiger partial charge in [-0.15, -0.1) is 0 Å². The molecule has 3 heteroatoms. The lowest BCUT2D eigenvalue weighted by molar-refractivity contribution is 0.423. The molecular weight excluding hydrogens is 368 g/mol. The zero-order valence-corrected chi connectivity index (χ0v) is 19.0. The largest absolute Gasteiger partial charge is 0.507 e. The van der Waals surface area contributed by atoms with Gasteiger partial charge in [-0.25, -0.2) is 0 Å². The molecule has 0 bridgehead atoms. The van der Waals surface area contributed by atoms with Crippen LogP contribution in [0.4, 0.5) is 17.1 Å². The first kappa shape index (κ1) is 21.8. The molecule has 0 saturated carbocycles. The Morgan fingerprint density at radius 1 is 0.667 bits per heavy atom. The summed E-state index contributed by atoms with van der Waals surface area (Å²) < 4.78 is 0. The number of rotatable bonds is 5. The van der Waals surface area contributed by atoms with Gasteiger partial charge in [-0.3, -0.25) is 0 Å². The molecule has 0 spiro atoms. The molecule has 0 fully saturated rings. The topological polar surface area (TPSA) is 44.3 Å². The predicted octanol–water partition coefficient (Wildman–Crippen LogP) is 7.34. The highest BCUT2D eigenvalue weighted by Crippen LogP contribution is 2.39. The second-order valence-electron chi connectivity index (χ2n) is 9.96. The maximum atomic E-state index is 10.9. The summed E-state index contributed by atoms with van der Waals surface area (Å²) in [4.78, 5) is 0. The molecule has 3 aromatic carbocycles. The lowest BCUT2D eigenvalue weighted by Gasteiger charge is -2.28. The van der Waals surface area contributed by atoms with Crippen molar-refractivity contribution in [3.63, 3.8) is 0 Å². The fourth-order valence-corrected chi connectivity index (χ4v) is 3.50. The van der Waals surface area contributed by atoms with E-state index in [1.807, 2.05) is 18.2 Å². The van der Waals surface area contributed by atoms with E-state index in [1.54, 1.807) is 0 Å². The monoisotopic (exact) mass is 402 g/mol. The van der Waals surface area contributed by atoms with Crippen molar-refractivity contribution in [1.29, 1.82) is 0 Å². The second-order valence-corrected chi connectivity index (χ2v) is 9.96. The van der Waals surface area contributed by atoms with Crippen LogP contribution in [0.2, 0.25) is 0 Å². The van der Waals surface area contributed by atoms with Gasteiger partial charge in [-0.2, -0.15) is 0 Å². The van der Waals surface area contributed by atoms with Crippen LogP contribution in [0.5, 0.6) is 5.75 Å². The molecule has 30 heavy (non-hydrogen) atoms. The lowest BCUT2D eigenvalue weighted by Crippen LogP contribution is -2.18. The number of anilines is 3. The van der Waals surface area contributed by atoms with E-state index in [1.165, 1.54) is 5.56 Å². The van der Waals surface area contributed by atoms with Gasteiger partial charge in [0.1, 0.15) is 5.75 Å². The number of aromatic hydroxyl groups is 1. The predicted molar refractivity (Wildman–Crippen MR) is 129 cm³/mol. The number of nitrogens with one attached hydrogen (secondary N) is 2. The summed E-state index contributed by atoms with van der Waals surface area (Å²) in [5.41, 5.74) is 6.12. The minimum Gasteiger partial charge on any atom is -0.507 e. The molecule has 0 aliphatic carbocycles. The molecule has 158 valence electrons. The molecule has 3 rings (SSSR count). The van der Waals surface area contributed by atoms with E-state index < -0.39 is 0 Å². The molecule has 0 unspecified atom stereocenters. The molecule has 0 heterocycles. The number of hydrogen-bond acceptors (Lipinski definition) is 3. The highest BCUT2D eigenvalue weighted by molar-refractivity contribution is 5.62. The molecule has 0 aliphatic heterocycles. The van der Waals surface area contributed by atoms with E-state index in [2.05, 4.69) is 101 Å². The fraction of sp³-hybridized carbons (Fsp3) is 0.333. The van der Waals surface area contributed by atoms with Gasteiger partial charge in [0.05, 0.1) is 0 Å². The van der Waals surface area contributed by atoms with E-state index in [4.69, 9.17) is 0 Å². The quantitative estimate of drug-likeness (QED) is 0.418. The van der Waals surface area contributed by atoms with Crippen LogP contribution in [0.3, 0.4) is 0 Å². The summed E-state index contributed by atoms with van der Waals surface area (Å²) in [6, 6.07) is 22.7. The zero-order valence-electron chi connectivity index (χ0n) is 19.0. The molecular formula is C27H34N2O. The van der Waals surface area contributed by atoms with Gasteiger partial charge >= 0.3 is 0 Å². The number of phenolic OH excluding ortho intramolecular Hbond substituents is 1. The molecule has 0 amide bonds. The van der Waals surface area contributed by atoms with E-state index in [0.29, 0.717) is 12.3 Å². The Morgan fingerprint density at radius 2 is 1.13 bits per heavy atom. The van der Waals surface area contributed by atoms with Crippen LogP contribution < -0.4 is 10.6 Å². The minimum atomic E-state index is -0.120. The van der Waals surface area contributed by atoms with Crippen molar-refractivity contribution in [2.45, 2.75) is 58.9 Å². The Kier molecular flexibility index (Phi) is 6.12. The first-order chi connectivity index (χ1) is 14.0. The van der Waals surface area contributed by atoms with Crippen LogP contribution >= 0.6 is 0 Å². The summed E-state index contributed by atoms with van der Waals surface area (Å²) in [6.45, 7) is 13.6. The third-order valence-electron chi connectivity index (χ3n) is 5.23. The van der Waals surface area contributed by atoms with E-state index in [0.717, 1.165) is 28.2 Å². The van der Waals surface area contributed by atoms with E-state index in [9.17, 15) is 5.11 Å². The molecule has 0 aromatic heterocycles. The molecule has 0 aliphatic rings. The van der Waals surface area contributed by atoms with Gasteiger partial charge < -0.3 is 15.7 Å². The third kappa shape index (κ3) is 5.35. The van der Waals surface area contributed by atoms with Crippen molar-refractivity contribution in [1.82, 2.24) is 0 Å². The molecule has 0 atom stereocenters. The molecule has 3 nitrogen and oxygen atoms in total. The Hall–Kier alpha value is -2.94. The van der Waals surface area contributed by atoms with Gasteiger partial charge in [0.2, 0.25) is 0 Å². The van der Waals surface area contributed by atoms with Crippen molar-refractivity contribution >= 4 is 17.1 Å². The fourth-order valence-electron chi connectivity index (χ4n) is 3.50. The normalized spacial score (nSPS) is 11.9. The van der Waals surface area contributed by atoms with Crippen LogP contribution in [0.15, 0.2) is 66.7 Å². The van der Waals surface area contributed by atoms with Gasteiger partial charge in [-0.1, -0.05) is 59.7 Å². The Balaban J connectivity index is 1.76. The maximum Gasteiger partial charge on any atom is 0.123 e. The van der Waals surface area contributed by atoms with Gasteiger partial charge in [0, 0.05) is 23.6 Å². The Bertz CT molecular complexity index is 943. The van der Waals surface area contributed by atoms with Gasteiger partial charge in [0.25, 0.3) is 0 Å². The average Bonchev–Trinajstić information content (AvgIpc) is 2.67. The number of para-hydroxylation sites is 1.